The Morgan fingerprint density at radius 2 is 1.86 bits per heavy atom. The molecule has 0 amide bonds. The van der Waals surface area contributed by atoms with Gasteiger partial charge in [-0.2, -0.15) is 0 Å². The number of nitrogens with zero attached hydrogens (tertiary/aromatic N) is 1. The van der Waals surface area contributed by atoms with Crippen LogP contribution in [-0.4, -0.2) is 60.8 Å². The molecule has 35 heavy (non-hydrogen) atoms. The lowest BCUT2D eigenvalue weighted by atomic mass is 9.84. The molecule has 1 aliphatic rings. The molecule has 2 unspecified atom stereocenters. The van der Waals surface area contributed by atoms with Crippen molar-refractivity contribution in [3.63, 3.8) is 0 Å². The minimum atomic E-state index is -1.29. The Morgan fingerprint density at radius 1 is 1.26 bits per heavy atom. The van der Waals surface area contributed by atoms with E-state index in [1.165, 1.54) is 0 Å². The summed E-state index contributed by atoms with van der Waals surface area (Å²) in [6.45, 7) is 22.6. The molecule has 0 aliphatic carbocycles. The Labute approximate surface area is 216 Å². The van der Waals surface area contributed by atoms with Crippen molar-refractivity contribution in [2.45, 2.75) is 76.5 Å². The normalized spacial score (nSPS) is 17.7. The Hall–Kier alpha value is -1.16. The van der Waals surface area contributed by atoms with Crippen LogP contribution in [-0.2, 0) is 35.9 Å². The van der Waals surface area contributed by atoms with Crippen molar-refractivity contribution in [2.75, 3.05) is 33.2 Å². The number of hydrogen-bond acceptors (Lipinski definition) is 6. The van der Waals surface area contributed by atoms with Gasteiger partial charge < -0.3 is 18.8 Å². The average Bonchev–Trinajstić information content (AvgIpc) is 2.72. The molecule has 2 atom stereocenters. The summed E-state index contributed by atoms with van der Waals surface area (Å²) < 4.78 is 32.3. The second kappa shape index (κ2) is 12.4. The van der Waals surface area contributed by atoms with Gasteiger partial charge in [-0.25, -0.2) is 0 Å². The Morgan fingerprint density at radius 3 is 2.29 bits per heavy atom. The molecule has 1 fully saturated rings. The number of esters is 1. The van der Waals surface area contributed by atoms with E-state index in [1.807, 2.05) is 63.2 Å². The predicted octanol–water partition coefficient (Wildman–Crippen LogP) is 5.46. The molecule has 0 bridgehead atoms. The zero-order valence-corrected chi connectivity index (χ0v) is 24.7. The fourth-order valence-electron chi connectivity index (χ4n) is 3.96. The SMILES string of the molecule is C=CCOC(=O)C(c1ccc(C2(N(COCC[Si](C)(C)C)[S+]([O-])C(C)(C)C)COC2)cc1)C(C)C. The zero-order chi connectivity index (χ0) is 26.4. The van der Waals surface area contributed by atoms with Crippen molar-refractivity contribution in [1.29, 1.82) is 0 Å². The van der Waals surface area contributed by atoms with Gasteiger partial charge in [0.1, 0.15) is 23.6 Å². The van der Waals surface area contributed by atoms with E-state index in [0.717, 1.165) is 17.2 Å². The van der Waals surface area contributed by atoms with E-state index in [9.17, 15) is 9.35 Å². The van der Waals surface area contributed by atoms with E-state index in [2.05, 4.69) is 26.2 Å². The lowest BCUT2D eigenvalue weighted by molar-refractivity contribution is -0.145. The van der Waals surface area contributed by atoms with Crippen LogP contribution in [0.3, 0.4) is 0 Å². The van der Waals surface area contributed by atoms with Crippen LogP contribution in [0.15, 0.2) is 36.9 Å². The number of benzene rings is 1. The number of ether oxygens (including phenoxy) is 3. The van der Waals surface area contributed by atoms with Crippen LogP contribution < -0.4 is 0 Å². The first-order chi connectivity index (χ1) is 16.2. The summed E-state index contributed by atoms with van der Waals surface area (Å²) in [6.07, 6.45) is 1.58. The van der Waals surface area contributed by atoms with E-state index >= 15 is 0 Å². The van der Waals surface area contributed by atoms with E-state index in [4.69, 9.17) is 14.2 Å². The highest BCUT2D eigenvalue weighted by atomic mass is 32.2. The van der Waals surface area contributed by atoms with Crippen LogP contribution in [0, 0.1) is 5.92 Å². The molecule has 198 valence electrons. The van der Waals surface area contributed by atoms with Crippen LogP contribution in [0.25, 0.3) is 0 Å². The van der Waals surface area contributed by atoms with Gasteiger partial charge in [0.15, 0.2) is 0 Å². The van der Waals surface area contributed by atoms with E-state index in [-0.39, 0.29) is 31.1 Å². The summed E-state index contributed by atoms with van der Waals surface area (Å²) >= 11 is -1.29. The van der Waals surface area contributed by atoms with E-state index in [1.54, 1.807) is 6.08 Å². The van der Waals surface area contributed by atoms with E-state index < -0.39 is 29.7 Å². The summed E-state index contributed by atoms with van der Waals surface area (Å²) in [5, 5.41) is 0. The van der Waals surface area contributed by atoms with Gasteiger partial charge in [0.2, 0.25) is 0 Å². The summed E-state index contributed by atoms with van der Waals surface area (Å²) in [5.41, 5.74) is 1.39. The number of rotatable bonds is 13. The third-order valence-electron chi connectivity index (χ3n) is 6.16. The quantitative estimate of drug-likeness (QED) is 0.0854. The maximum atomic E-state index is 13.7. The molecule has 0 N–H and O–H groups in total. The van der Waals surface area contributed by atoms with Crippen LogP contribution in [0.5, 0.6) is 0 Å². The fourth-order valence-corrected chi connectivity index (χ4v) is 6.08. The summed E-state index contributed by atoms with van der Waals surface area (Å²) in [5.74, 6) is -0.522. The third kappa shape index (κ3) is 7.91. The Bertz CT molecular complexity index is 827. The van der Waals surface area contributed by atoms with Gasteiger partial charge in [-0.15, -0.1) is 0 Å². The van der Waals surface area contributed by atoms with Crippen molar-refractivity contribution in [1.82, 2.24) is 4.31 Å². The highest BCUT2D eigenvalue weighted by Crippen LogP contribution is 2.41. The average molecular weight is 524 g/mol. The van der Waals surface area contributed by atoms with Gasteiger partial charge in [0.25, 0.3) is 0 Å². The molecule has 1 aromatic rings. The van der Waals surface area contributed by atoms with Gasteiger partial charge in [0.05, 0.1) is 19.1 Å². The largest absolute Gasteiger partial charge is 0.597 e. The zero-order valence-electron chi connectivity index (χ0n) is 22.9. The first-order valence-corrected chi connectivity index (χ1v) is 17.3. The second-order valence-electron chi connectivity index (χ2n) is 11.9. The number of hydrogen-bond donors (Lipinski definition) is 0. The predicted molar refractivity (Wildman–Crippen MR) is 146 cm³/mol. The van der Waals surface area contributed by atoms with Crippen LogP contribution in [0.1, 0.15) is 51.7 Å². The molecule has 0 radical (unpaired) electrons. The molecule has 1 aromatic carbocycles. The molecule has 0 saturated carbocycles. The smallest absolute Gasteiger partial charge is 0.313 e. The second-order valence-corrected chi connectivity index (χ2v) is 19.7. The van der Waals surface area contributed by atoms with Crippen molar-refractivity contribution in [3.8, 4) is 0 Å². The lowest BCUT2D eigenvalue weighted by Crippen LogP contribution is -2.64. The van der Waals surface area contributed by atoms with Crippen LogP contribution >= 0.6 is 0 Å². The van der Waals surface area contributed by atoms with Crippen LogP contribution in [0.4, 0.5) is 0 Å². The van der Waals surface area contributed by atoms with Gasteiger partial charge in [-0.3, -0.25) is 4.79 Å². The highest BCUT2D eigenvalue weighted by Gasteiger charge is 2.54. The molecule has 0 aromatic heterocycles. The van der Waals surface area contributed by atoms with Crippen molar-refractivity contribution < 1.29 is 23.6 Å². The fraction of sp³-hybridized carbons (Fsp3) is 0.667. The first-order valence-electron chi connectivity index (χ1n) is 12.5. The van der Waals surface area contributed by atoms with E-state index in [0.29, 0.717) is 19.8 Å². The standard InChI is InChI=1S/C27H45NO5SSi/c1-10-15-33-25(29)24(21(2)3)22-11-13-23(14-12-22)27(18-32-19-27)28(34(30)26(4,5)6)20-31-16-17-35(7,8)9/h10-14,21,24H,1,15-20H2,2-9H3. The lowest BCUT2D eigenvalue weighted by Gasteiger charge is -2.50. The number of carbonyl (C=O) groups is 1. The van der Waals surface area contributed by atoms with Gasteiger partial charge in [-0.1, -0.05) is 74.7 Å². The Balaban J connectivity index is 2.32. The summed E-state index contributed by atoms with van der Waals surface area (Å²) in [4.78, 5) is 12.7. The molecular formula is C27H45NO5SSi. The Kier molecular flexibility index (Phi) is 10.6. The molecule has 8 heteroatoms. The summed E-state index contributed by atoms with van der Waals surface area (Å²) in [7, 11) is -1.23. The molecule has 6 nitrogen and oxygen atoms in total. The minimum Gasteiger partial charge on any atom is -0.597 e. The van der Waals surface area contributed by atoms with Gasteiger partial charge in [-0.05, 0) is 43.9 Å². The third-order valence-corrected chi connectivity index (χ3v) is 9.77. The summed E-state index contributed by atoms with van der Waals surface area (Å²) in [6, 6.07) is 9.09. The maximum Gasteiger partial charge on any atom is 0.313 e. The topological polar surface area (TPSA) is 71.1 Å². The maximum absolute atomic E-state index is 13.7. The monoisotopic (exact) mass is 523 g/mol. The van der Waals surface area contributed by atoms with Crippen molar-refractivity contribution >= 4 is 25.4 Å². The molecular weight excluding hydrogens is 478 g/mol. The molecule has 2 rings (SSSR count). The minimum absolute atomic E-state index is 0.0869. The van der Waals surface area contributed by atoms with Gasteiger partial charge >= 0.3 is 5.97 Å². The van der Waals surface area contributed by atoms with Crippen LogP contribution in [0.2, 0.25) is 25.7 Å². The highest BCUT2D eigenvalue weighted by molar-refractivity contribution is 7.90. The van der Waals surface area contributed by atoms with Crippen molar-refractivity contribution in [2.24, 2.45) is 5.92 Å². The molecule has 0 spiro atoms. The van der Waals surface area contributed by atoms with Crippen molar-refractivity contribution in [3.05, 3.63) is 48.0 Å². The number of carbonyl (C=O) groups excluding carboxylic acids is 1. The molecule has 1 heterocycles. The first kappa shape index (κ1) is 30.1. The van der Waals surface area contributed by atoms with Gasteiger partial charge in [0, 0.05) is 26.0 Å². The molecule has 1 saturated heterocycles. The molecule has 1 aliphatic heterocycles.